The van der Waals surface area contributed by atoms with Crippen molar-refractivity contribution in [1.82, 2.24) is 9.88 Å². The number of rotatable bonds is 8. The van der Waals surface area contributed by atoms with Gasteiger partial charge in [-0.05, 0) is 116 Å². The lowest BCUT2D eigenvalue weighted by molar-refractivity contribution is -0.115. The number of carbonyl (C=O) groups is 1. The third-order valence-corrected chi connectivity index (χ3v) is 7.36. The summed E-state index contributed by atoms with van der Waals surface area (Å²) >= 11 is 7.29. The van der Waals surface area contributed by atoms with Crippen LogP contribution in [0.2, 0.25) is 5.02 Å². The highest BCUT2D eigenvalue weighted by Crippen LogP contribution is 2.31. The zero-order chi connectivity index (χ0) is 27.4. The number of benzene rings is 3. The summed E-state index contributed by atoms with van der Waals surface area (Å²) in [5.41, 5.74) is 5.92. The minimum atomic E-state index is -0.156. The number of ether oxygens (including phenoxy) is 2. The zero-order valence-corrected chi connectivity index (χ0v) is 23.5. The van der Waals surface area contributed by atoms with E-state index in [0.717, 1.165) is 45.4 Å². The number of amides is 1. The van der Waals surface area contributed by atoms with Gasteiger partial charge in [-0.1, -0.05) is 23.7 Å². The van der Waals surface area contributed by atoms with Crippen molar-refractivity contribution in [2.75, 3.05) is 6.61 Å². The average molecular weight is 558 g/mol. The summed E-state index contributed by atoms with van der Waals surface area (Å²) in [5, 5.41) is 4.13. The maximum atomic E-state index is 12.7. The highest BCUT2D eigenvalue weighted by Gasteiger charge is 2.24. The second-order valence-corrected chi connectivity index (χ2v) is 10.4. The number of nitrogens with one attached hydrogen (secondary N) is 1. The quantitative estimate of drug-likeness (QED) is 0.226. The first kappa shape index (κ1) is 26.7. The number of amidine groups is 1. The number of halogens is 1. The van der Waals surface area contributed by atoms with Gasteiger partial charge in [0.2, 0.25) is 0 Å². The highest BCUT2D eigenvalue weighted by molar-refractivity contribution is 8.18. The molecule has 39 heavy (non-hydrogen) atoms. The molecule has 8 heteroatoms. The maximum Gasteiger partial charge on any atom is 0.264 e. The van der Waals surface area contributed by atoms with Crippen molar-refractivity contribution in [2.24, 2.45) is 4.99 Å². The molecule has 1 aliphatic rings. The topological polar surface area (TPSA) is 64.8 Å². The summed E-state index contributed by atoms with van der Waals surface area (Å²) in [5.74, 6) is 1.43. The van der Waals surface area contributed by atoms with Crippen LogP contribution in [0, 0.1) is 13.8 Å². The molecule has 3 aromatic carbocycles. The van der Waals surface area contributed by atoms with Crippen LogP contribution in [-0.2, 0) is 11.4 Å². The normalized spacial score (nSPS) is 15.1. The molecule has 0 radical (unpaired) electrons. The van der Waals surface area contributed by atoms with Crippen LogP contribution in [0.4, 0.5) is 5.69 Å². The summed E-state index contributed by atoms with van der Waals surface area (Å²) in [6.07, 6.45) is 1.92. The van der Waals surface area contributed by atoms with Crippen molar-refractivity contribution in [3.05, 3.63) is 111 Å². The third-order valence-electron chi connectivity index (χ3n) is 6.20. The number of thioether (sulfide) groups is 1. The molecule has 0 spiro atoms. The molecule has 5 rings (SSSR count). The molecule has 6 nitrogen and oxygen atoms in total. The van der Waals surface area contributed by atoms with E-state index < -0.39 is 0 Å². The largest absolute Gasteiger partial charge is 0.494 e. The van der Waals surface area contributed by atoms with Gasteiger partial charge in [0.1, 0.15) is 18.1 Å². The summed E-state index contributed by atoms with van der Waals surface area (Å²) in [7, 11) is 0. The number of aliphatic imine (C=N–C) groups is 1. The standard InChI is InChI=1S/C31H28ClN3O3S/c1-4-37-27-13-9-25(10-14-27)33-31-34-30(36)29(39-31)18-23-17-20(2)35(21(23)3)26-11-15-28(16-12-26)38-19-22-5-7-24(32)8-6-22/h5-18H,4,19H2,1-3H3,(H,33,34,36)/b29-18+. The molecule has 0 atom stereocenters. The van der Waals surface area contributed by atoms with Gasteiger partial charge in [-0.25, -0.2) is 4.99 Å². The predicted molar refractivity (Wildman–Crippen MR) is 159 cm³/mol. The lowest BCUT2D eigenvalue weighted by atomic mass is 10.2. The van der Waals surface area contributed by atoms with Gasteiger partial charge >= 0.3 is 0 Å². The Labute approximate surface area is 237 Å². The molecule has 0 aliphatic carbocycles. The van der Waals surface area contributed by atoms with Gasteiger partial charge in [0.05, 0.1) is 17.2 Å². The Hall–Kier alpha value is -3.94. The predicted octanol–water partition coefficient (Wildman–Crippen LogP) is 7.62. The van der Waals surface area contributed by atoms with Gasteiger partial charge < -0.3 is 19.4 Å². The van der Waals surface area contributed by atoms with E-state index >= 15 is 0 Å². The zero-order valence-electron chi connectivity index (χ0n) is 21.9. The fraction of sp³-hybridized carbons (Fsp3) is 0.161. The second kappa shape index (κ2) is 11.8. The number of hydrogen-bond acceptors (Lipinski definition) is 5. The van der Waals surface area contributed by atoms with Crippen molar-refractivity contribution in [2.45, 2.75) is 27.4 Å². The molecule has 1 fully saturated rings. The Morgan fingerprint density at radius 2 is 1.62 bits per heavy atom. The second-order valence-electron chi connectivity index (χ2n) is 8.98. The van der Waals surface area contributed by atoms with Crippen molar-refractivity contribution in [3.63, 3.8) is 0 Å². The van der Waals surface area contributed by atoms with Crippen LogP contribution >= 0.6 is 23.4 Å². The van der Waals surface area contributed by atoms with E-state index in [-0.39, 0.29) is 5.91 Å². The summed E-state index contributed by atoms with van der Waals surface area (Å²) in [4.78, 5) is 17.9. The van der Waals surface area contributed by atoms with E-state index in [1.165, 1.54) is 11.8 Å². The van der Waals surface area contributed by atoms with Gasteiger partial charge in [0, 0.05) is 22.1 Å². The van der Waals surface area contributed by atoms with Crippen molar-refractivity contribution in [3.8, 4) is 17.2 Å². The monoisotopic (exact) mass is 557 g/mol. The molecule has 1 saturated heterocycles. The van der Waals surface area contributed by atoms with Crippen LogP contribution in [-0.4, -0.2) is 22.2 Å². The van der Waals surface area contributed by atoms with Gasteiger partial charge in [0.15, 0.2) is 5.17 Å². The summed E-state index contributed by atoms with van der Waals surface area (Å²) in [6, 6.07) is 25.2. The Morgan fingerprint density at radius 1 is 0.949 bits per heavy atom. The molecular weight excluding hydrogens is 530 g/mol. The average Bonchev–Trinajstić information content (AvgIpc) is 3.42. The van der Waals surface area contributed by atoms with E-state index in [1.54, 1.807) is 0 Å². The molecule has 0 unspecified atom stereocenters. The number of aryl methyl sites for hydroxylation is 1. The molecule has 0 bridgehead atoms. The van der Waals surface area contributed by atoms with Crippen molar-refractivity contribution in [1.29, 1.82) is 0 Å². The Morgan fingerprint density at radius 3 is 2.31 bits per heavy atom. The van der Waals surface area contributed by atoms with Crippen molar-refractivity contribution < 1.29 is 14.3 Å². The molecule has 1 aliphatic heterocycles. The SMILES string of the molecule is CCOc1ccc(N=C2NC(=O)/C(=C\c3cc(C)n(-c4ccc(OCc5ccc(Cl)cc5)cc4)c3C)S2)cc1. The van der Waals surface area contributed by atoms with Gasteiger partial charge in [0.25, 0.3) is 5.91 Å². The third kappa shape index (κ3) is 6.38. The molecule has 1 aromatic heterocycles. The lowest BCUT2D eigenvalue weighted by Gasteiger charge is -2.11. The van der Waals surface area contributed by atoms with Crippen LogP contribution in [0.5, 0.6) is 11.5 Å². The Bertz CT molecular complexity index is 1540. The molecule has 0 saturated carbocycles. The van der Waals surface area contributed by atoms with E-state index in [4.69, 9.17) is 21.1 Å². The van der Waals surface area contributed by atoms with Gasteiger partial charge in [-0.3, -0.25) is 4.79 Å². The first-order valence-electron chi connectivity index (χ1n) is 12.6. The molecule has 198 valence electrons. The Kier molecular flexibility index (Phi) is 8.10. The van der Waals surface area contributed by atoms with Crippen LogP contribution in [0.15, 0.2) is 88.8 Å². The molecule has 1 amide bonds. The van der Waals surface area contributed by atoms with Crippen LogP contribution < -0.4 is 14.8 Å². The highest BCUT2D eigenvalue weighted by atomic mass is 35.5. The van der Waals surface area contributed by atoms with Crippen LogP contribution in [0.3, 0.4) is 0 Å². The lowest BCUT2D eigenvalue weighted by Crippen LogP contribution is -2.19. The van der Waals surface area contributed by atoms with Gasteiger partial charge in [-0.15, -0.1) is 0 Å². The number of aromatic nitrogens is 1. The fourth-order valence-electron chi connectivity index (χ4n) is 4.29. The molecular formula is C31H28ClN3O3S. The molecule has 1 N–H and O–H groups in total. The number of hydrogen-bond donors (Lipinski definition) is 1. The maximum absolute atomic E-state index is 12.7. The van der Waals surface area contributed by atoms with E-state index in [9.17, 15) is 4.79 Å². The minimum absolute atomic E-state index is 0.156. The molecule has 2 heterocycles. The van der Waals surface area contributed by atoms with Gasteiger partial charge in [-0.2, -0.15) is 0 Å². The number of nitrogens with zero attached hydrogens (tertiary/aromatic N) is 2. The Balaban J connectivity index is 1.29. The smallest absolute Gasteiger partial charge is 0.264 e. The van der Waals surface area contributed by atoms with Crippen LogP contribution in [0.25, 0.3) is 11.8 Å². The van der Waals surface area contributed by atoms with E-state index in [1.807, 2.05) is 85.8 Å². The number of carbonyl (C=O) groups excluding carboxylic acids is 1. The molecule has 4 aromatic rings. The van der Waals surface area contributed by atoms with E-state index in [2.05, 4.69) is 34.8 Å². The summed E-state index contributed by atoms with van der Waals surface area (Å²) in [6.45, 7) is 7.14. The summed E-state index contributed by atoms with van der Waals surface area (Å²) < 4.78 is 13.6. The minimum Gasteiger partial charge on any atom is -0.494 e. The van der Waals surface area contributed by atoms with Crippen LogP contribution in [0.1, 0.15) is 29.4 Å². The van der Waals surface area contributed by atoms with E-state index in [0.29, 0.717) is 28.3 Å². The fourth-order valence-corrected chi connectivity index (χ4v) is 5.25. The van der Waals surface area contributed by atoms with Crippen molar-refractivity contribution >= 4 is 46.2 Å². The first-order chi connectivity index (χ1) is 18.9. The first-order valence-corrected chi connectivity index (χ1v) is 13.8.